The fraction of sp³-hybridized carbons (Fsp3) is 0.632. The van der Waals surface area contributed by atoms with Gasteiger partial charge in [-0.15, -0.1) is 0 Å². The Balaban J connectivity index is 1.52. The third-order valence-electron chi connectivity index (χ3n) is 5.47. The van der Waals surface area contributed by atoms with Gasteiger partial charge in [-0.25, -0.2) is 0 Å². The zero-order valence-corrected chi connectivity index (χ0v) is 18.6. The van der Waals surface area contributed by atoms with Gasteiger partial charge in [0.2, 0.25) is 5.91 Å². The highest BCUT2D eigenvalue weighted by Crippen LogP contribution is 2.36. The molecule has 2 aliphatic heterocycles. The van der Waals surface area contributed by atoms with Crippen LogP contribution in [0.15, 0.2) is 18.2 Å². The van der Waals surface area contributed by atoms with Crippen molar-refractivity contribution in [3.63, 3.8) is 0 Å². The Morgan fingerprint density at radius 1 is 0.968 bits per heavy atom. The van der Waals surface area contributed by atoms with E-state index < -0.39 is 32.9 Å². The van der Waals surface area contributed by atoms with Crippen molar-refractivity contribution in [1.29, 1.82) is 0 Å². The zero-order valence-electron chi connectivity index (χ0n) is 17.0. The van der Waals surface area contributed by atoms with Crippen LogP contribution in [-0.2, 0) is 21.2 Å². The normalized spacial score (nSPS) is 20.4. The lowest BCUT2D eigenvalue weighted by atomic mass is 10.2. The van der Waals surface area contributed by atoms with Gasteiger partial charge < -0.3 is 5.32 Å². The Kier molecular flexibility index (Phi) is 7.85. The van der Waals surface area contributed by atoms with Crippen molar-refractivity contribution in [3.8, 4) is 0 Å². The average molecular weight is 483 g/mol. The second-order valence-electron chi connectivity index (χ2n) is 7.74. The highest BCUT2D eigenvalue weighted by molar-refractivity contribution is 7.86. The summed E-state index contributed by atoms with van der Waals surface area (Å²) in [6.07, 6.45) is -0.826. The summed E-state index contributed by atoms with van der Waals surface area (Å²) in [5.74, 6) is -0.473. The standard InChI is InChI=1S/C19H26ClF3N4O3S/c20-17-6-5-15(13-16(17)19(21,22)23)24-18(28)14-25-9-11-27(12-10-25)31(29,30)26-7-3-1-2-4-8-26/h5-6,13H,1-4,7-12,14H2,(H,24,28). The van der Waals surface area contributed by atoms with Crippen LogP contribution in [0.3, 0.4) is 0 Å². The van der Waals surface area contributed by atoms with Crippen LogP contribution < -0.4 is 5.32 Å². The molecule has 2 heterocycles. The topological polar surface area (TPSA) is 73.0 Å². The first-order chi connectivity index (χ1) is 14.6. The number of amides is 1. The van der Waals surface area contributed by atoms with Gasteiger partial charge in [0.05, 0.1) is 17.1 Å². The molecule has 0 aromatic heterocycles. The number of anilines is 1. The molecule has 0 saturated carbocycles. The van der Waals surface area contributed by atoms with Crippen LogP contribution in [0.4, 0.5) is 18.9 Å². The van der Waals surface area contributed by atoms with Gasteiger partial charge in [-0.1, -0.05) is 24.4 Å². The second kappa shape index (κ2) is 10.0. The van der Waals surface area contributed by atoms with Crippen LogP contribution in [0, 0.1) is 0 Å². The number of halogens is 4. The first-order valence-corrected chi connectivity index (χ1v) is 12.0. The highest BCUT2D eigenvalue weighted by Gasteiger charge is 2.34. The van der Waals surface area contributed by atoms with Crippen molar-refractivity contribution in [1.82, 2.24) is 13.5 Å². The lowest BCUT2D eigenvalue weighted by Gasteiger charge is -2.36. The minimum absolute atomic E-state index is 0.00380. The summed E-state index contributed by atoms with van der Waals surface area (Å²) in [7, 11) is -3.51. The van der Waals surface area contributed by atoms with Crippen LogP contribution >= 0.6 is 11.6 Å². The number of carbonyl (C=O) groups excluding carboxylic acids is 1. The number of carbonyl (C=O) groups is 1. The third-order valence-corrected chi connectivity index (χ3v) is 7.84. The van der Waals surface area contributed by atoms with E-state index in [0.717, 1.165) is 37.8 Å². The van der Waals surface area contributed by atoms with E-state index in [9.17, 15) is 26.4 Å². The van der Waals surface area contributed by atoms with Crippen molar-refractivity contribution in [2.45, 2.75) is 31.9 Å². The third kappa shape index (κ3) is 6.32. The van der Waals surface area contributed by atoms with E-state index in [1.165, 1.54) is 10.4 Å². The van der Waals surface area contributed by atoms with Gasteiger partial charge in [0.1, 0.15) is 0 Å². The van der Waals surface area contributed by atoms with E-state index >= 15 is 0 Å². The Morgan fingerprint density at radius 3 is 2.13 bits per heavy atom. The molecule has 12 heteroatoms. The van der Waals surface area contributed by atoms with E-state index in [1.54, 1.807) is 9.21 Å². The molecular formula is C19H26ClF3N4O3S. The van der Waals surface area contributed by atoms with Gasteiger partial charge in [-0.2, -0.15) is 30.2 Å². The molecule has 0 aliphatic carbocycles. The number of alkyl halides is 3. The molecule has 0 atom stereocenters. The molecule has 0 unspecified atom stereocenters. The van der Waals surface area contributed by atoms with Crippen LogP contribution in [-0.4, -0.2) is 73.6 Å². The van der Waals surface area contributed by atoms with E-state index in [0.29, 0.717) is 26.2 Å². The van der Waals surface area contributed by atoms with Crippen LogP contribution in [0.1, 0.15) is 31.2 Å². The average Bonchev–Trinajstić information content (AvgIpc) is 2.99. The maximum absolute atomic E-state index is 13.0. The Bertz CT molecular complexity index is 882. The number of hydrogen-bond acceptors (Lipinski definition) is 4. The van der Waals surface area contributed by atoms with Gasteiger partial charge in [0.25, 0.3) is 10.2 Å². The van der Waals surface area contributed by atoms with Crippen molar-refractivity contribution >= 4 is 33.4 Å². The summed E-state index contributed by atoms with van der Waals surface area (Å²) in [5, 5.41) is 2.01. The van der Waals surface area contributed by atoms with Crippen molar-refractivity contribution < 1.29 is 26.4 Å². The Labute approximate surface area is 185 Å². The molecule has 7 nitrogen and oxygen atoms in total. The molecular weight excluding hydrogens is 457 g/mol. The maximum Gasteiger partial charge on any atom is 0.417 e. The Hall–Kier alpha value is -1.40. The number of nitrogens with one attached hydrogen (secondary N) is 1. The van der Waals surface area contributed by atoms with Crippen molar-refractivity contribution in [2.75, 3.05) is 51.1 Å². The smallest absolute Gasteiger partial charge is 0.325 e. The summed E-state index contributed by atoms with van der Waals surface area (Å²) in [6, 6.07) is 3.19. The molecule has 0 spiro atoms. The SMILES string of the molecule is O=C(CN1CCN(S(=O)(=O)N2CCCCCC2)CC1)Nc1ccc(Cl)c(C(F)(F)F)c1. The first-order valence-electron chi connectivity index (χ1n) is 10.2. The van der Waals surface area contributed by atoms with Crippen molar-refractivity contribution in [2.24, 2.45) is 0 Å². The van der Waals surface area contributed by atoms with Gasteiger partial charge in [-0.05, 0) is 31.0 Å². The maximum atomic E-state index is 13.0. The molecule has 3 rings (SSSR count). The molecule has 174 valence electrons. The van der Waals surface area contributed by atoms with Crippen LogP contribution in [0.2, 0.25) is 5.02 Å². The molecule has 1 aromatic carbocycles. The second-order valence-corrected chi connectivity index (χ2v) is 10.1. The molecule has 31 heavy (non-hydrogen) atoms. The number of benzene rings is 1. The molecule has 1 N–H and O–H groups in total. The summed E-state index contributed by atoms with van der Waals surface area (Å²) in [4.78, 5) is 14.1. The molecule has 1 aromatic rings. The number of piperazine rings is 1. The van der Waals surface area contributed by atoms with Gasteiger partial charge in [-0.3, -0.25) is 9.69 Å². The predicted molar refractivity (Wildman–Crippen MR) is 112 cm³/mol. The predicted octanol–water partition coefficient (Wildman–Crippen LogP) is 3.04. The number of rotatable bonds is 5. The lowest BCUT2D eigenvalue weighted by molar-refractivity contribution is -0.137. The molecule has 2 saturated heterocycles. The lowest BCUT2D eigenvalue weighted by Crippen LogP contribution is -2.54. The van der Waals surface area contributed by atoms with E-state index in [2.05, 4.69) is 5.32 Å². The highest BCUT2D eigenvalue weighted by atomic mass is 35.5. The van der Waals surface area contributed by atoms with Gasteiger partial charge in [0, 0.05) is 45.0 Å². The fourth-order valence-corrected chi connectivity index (χ4v) is 5.67. The van der Waals surface area contributed by atoms with Gasteiger partial charge >= 0.3 is 6.18 Å². The van der Waals surface area contributed by atoms with Crippen LogP contribution in [0.5, 0.6) is 0 Å². The first kappa shape index (κ1) is 24.2. The molecule has 1 amide bonds. The minimum atomic E-state index is -4.62. The fourth-order valence-electron chi connectivity index (χ4n) is 3.78. The monoisotopic (exact) mass is 482 g/mol. The molecule has 0 bridgehead atoms. The zero-order chi connectivity index (χ0) is 22.6. The van der Waals surface area contributed by atoms with Gasteiger partial charge in [0.15, 0.2) is 0 Å². The Morgan fingerprint density at radius 2 is 1.55 bits per heavy atom. The van der Waals surface area contributed by atoms with Crippen molar-refractivity contribution in [3.05, 3.63) is 28.8 Å². The van der Waals surface area contributed by atoms with E-state index in [4.69, 9.17) is 11.6 Å². The summed E-state index contributed by atoms with van der Waals surface area (Å²) in [5.41, 5.74) is -1.01. The van der Waals surface area contributed by atoms with E-state index in [-0.39, 0.29) is 25.3 Å². The summed E-state index contributed by atoms with van der Waals surface area (Å²) >= 11 is 5.59. The molecule has 2 aliphatic rings. The molecule has 0 radical (unpaired) electrons. The number of hydrogen-bond donors (Lipinski definition) is 1. The quantitative estimate of drug-likeness (QED) is 0.700. The minimum Gasteiger partial charge on any atom is -0.325 e. The number of nitrogens with zero attached hydrogens (tertiary/aromatic N) is 3. The largest absolute Gasteiger partial charge is 0.417 e. The molecule has 2 fully saturated rings. The summed E-state index contributed by atoms with van der Waals surface area (Å²) in [6.45, 7) is 2.31. The summed E-state index contributed by atoms with van der Waals surface area (Å²) < 4.78 is 67.6. The van der Waals surface area contributed by atoms with E-state index in [1.807, 2.05) is 0 Å². The van der Waals surface area contributed by atoms with Crippen LogP contribution in [0.25, 0.3) is 0 Å².